The van der Waals surface area contributed by atoms with Crippen LogP contribution in [0.1, 0.15) is 35.2 Å². The maximum atomic E-state index is 13.1. The Bertz CT molecular complexity index is 1220. The van der Waals surface area contributed by atoms with E-state index in [1.807, 2.05) is 49.4 Å². The number of amides is 1. The Labute approximate surface area is 185 Å². The SMILES string of the molecule is C[C@@H]1Cc2cc(C(O)=C3C(=O)C(=O)N(Cc4ccccc4)[C@H]3c3cccnc3)ccc2O1. The van der Waals surface area contributed by atoms with E-state index in [0.717, 1.165) is 23.3 Å². The topological polar surface area (TPSA) is 79.7 Å². The number of carbonyl (C=O) groups is 2. The summed E-state index contributed by atoms with van der Waals surface area (Å²) in [6, 6.07) is 17.7. The lowest BCUT2D eigenvalue weighted by molar-refractivity contribution is -0.140. The van der Waals surface area contributed by atoms with Gasteiger partial charge in [-0.2, -0.15) is 0 Å². The molecule has 1 amide bonds. The molecule has 0 aliphatic carbocycles. The molecule has 2 aromatic carbocycles. The van der Waals surface area contributed by atoms with E-state index in [4.69, 9.17) is 4.74 Å². The summed E-state index contributed by atoms with van der Waals surface area (Å²) in [5.41, 5.74) is 3.10. The van der Waals surface area contributed by atoms with E-state index < -0.39 is 17.7 Å². The van der Waals surface area contributed by atoms with Gasteiger partial charge in [0.2, 0.25) is 0 Å². The quantitative estimate of drug-likeness (QED) is 0.387. The molecule has 1 fully saturated rings. The van der Waals surface area contributed by atoms with Crippen LogP contribution in [-0.4, -0.2) is 32.8 Å². The predicted molar refractivity (Wildman–Crippen MR) is 119 cm³/mol. The van der Waals surface area contributed by atoms with Crippen LogP contribution in [0.5, 0.6) is 5.75 Å². The zero-order valence-corrected chi connectivity index (χ0v) is 17.6. The molecule has 1 N–H and O–H groups in total. The number of benzene rings is 2. The summed E-state index contributed by atoms with van der Waals surface area (Å²) in [5, 5.41) is 11.2. The Hall–Kier alpha value is -3.93. The van der Waals surface area contributed by atoms with Crippen LogP contribution in [-0.2, 0) is 22.6 Å². The molecule has 2 atom stereocenters. The van der Waals surface area contributed by atoms with Gasteiger partial charge in [0, 0.05) is 30.9 Å². The number of ketones is 1. The number of nitrogens with zero attached hydrogens (tertiary/aromatic N) is 2. The van der Waals surface area contributed by atoms with Crippen molar-refractivity contribution in [2.24, 2.45) is 0 Å². The number of hydrogen-bond donors (Lipinski definition) is 1. The Kier molecular flexibility index (Phi) is 4.98. The van der Waals surface area contributed by atoms with E-state index in [9.17, 15) is 14.7 Å². The summed E-state index contributed by atoms with van der Waals surface area (Å²) in [5.74, 6) is -0.739. The lowest BCUT2D eigenvalue weighted by Crippen LogP contribution is -2.29. The molecule has 6 heteroatoms. The molecule has 6 nitrogen and oxygen atoms in total. The zero-order valence-electron chi connectivity index (χ0n) is 17.6. The van der Waals surface area contributed by atoms with Gasteiger partial charge >= 0.3 is 0 Å². The van der Waals surface area contributed by atoms with Gasteiger partial charge in [0.25, 0.3) is 11.7 Å². The molecule has 3 aromatic rings. The number of fused-ring (bicyclic) bond motifs is 1. The fraction of sp³-hybridized carbons (Fsp3) is 0.192. The summed E-state index contributed by atoms with van der Waals surface area (Å²) >= 11 is 0. The second-order valence-corrected chi connectivity index (χ2v) is 8.15. The van der Waals surface area contributed by atoms with Crippen LogP contribution >= 0.6 is 0 Å². The standard InChI is InChI=1S/C26H22N2O4/c1-16-12-20-13-18(9-10-21(20)32-16)24(29)22-23(19-8-5-11-27-14-19)28(26(31)25(22)30)15-17-6-3-2-4-7-17/h2-11,13-14,16,23,29H,12,15H2,1H3/t16-,23+/m1/s1. The minimum absolute atomic E-state index is 0.0641. The van der Waals surface area contributed by atoms with Crippen molar-refractivity contribution in [1.29, 1.82) is 0 Å². The fourth-order valence-electron chi connectivity index (χ4n) is 4.43. The number of likely N-dealkylation sites (tertiary alicyclic amines) is 1. The number of rotatable bonds is 4. The number of aliphatic hydroxyl groups is 1. The van der Waals surface area contributed by atoms with E-state index in [1.54, 1.807) is 30.6 Å². The van der Waals surface area contributed by atoms with Gasteiger partial charge in [-0.05, 0) is 47.9 Å². The minimum Gasteiger partial charge on any atom is -0.507 e. The highest BCUT2D eigenvalue weighted by Gasteiger charge is 2.46. The van der Waals surface area contributed by atoms with E-state index >= 15 is 0 Å². The van der Waals surface area contributed by atoms with Gasteiger partial charge < -0.3 is 14.7 Å². The van der Waals surface area contributed by atoms with E-state index in [-0.39, 0.29) is 24.0 Å². The van der Waals surface area contributed by atoms with Crippen LogP contribution in [0.15, 0.2) is 78.6 Å². The molecule has 1 saturated heterocycles. The van der Waals surface area contributed by atoms with E-state index in [2.05, 4.69) is 4.98 Å². The molecule has 0 unspecified atom stereocenters. The molecule has 3 heterocycles. The molecular weight excluding hydrogens is 404 g/mol. The van der Waals surface area contributed by atoms with Gasteiger partial charge in [0.1, 0.15) is 17.6 Å². The van der Waals surface area contributed by atoms with E-state index in [1.165, 1.54) is 4.90 Å². The number of aliphatic hydroxyl groups excluding tert-OH is 1. The lowest BCUT2D eigenvalue weighted by atomic mass is 9.95. The van der Waals surface area contributed by atoms with Crippen LogP contribution in [0.3, 0.4) is 0 Å². The summed E-state index contributed by atoms with van der Waals surface area (Å²) < 4.78 is 5.74. The molecule has 0 bridgehead atoms. The Morgan fingerprint density at radius 3 is 2.69 bits per heavy atom. The van der Waals surface area contributed by atoms with Gasteiger partial charge in [-0.25, -0.2) is 0 Å². The average molecular weight is 426 g/mol. The average Bonchev–Trinajstić information content (AvgIpc) is 3.31. The Balaban J connectivity index is 1.62. The molecule has 1 aromatic heterocycles. The molecule has 5 rings (SSSR count). The summed E-state index contributed by atoms with van der Waals surface area (Å²) in [6.45, 7) is 2.23. The van der Waals surface area contributed by atoms with Crippen molar-refractivity contribution in [3.63, 3.8) is 0 Å². The minimum atomic E-state index is -0.729. The van der Waals surface area contributed by atoms with Crippen LogP contribution in [0.4, 0.5) is 0 Å². The molecule has 2 aliphatic heterocycles. The normalized spacial score (nSPS) is 21.5. The molecule has 0 radical (unpaired) electrons. The fourth-order valence-corrected chi connectivity index (χ4v) is 4.43. The van der Waals surface area contributed by atoms with Crippen molar-refractivity contribution in [2.45, 2.75) is 32.0 Å². The van der Waals surface area contributed by atoms with Gasteiger partial charge in [-0.15, -0.1) is 0 Å². The van der Waals surface area contributed by atoms with Crippen LogP contribution in [0.25, 0.3) is 5.76 Å². The van der Waals surface area contributed by atoms with Crippen molar-refractivity contribution < 1.29 is 19.4 Å². The number of Topliss-reactive ketones (excluding diaryl/α,β-unsaturated/α-hetero) is 1. The van der Waals surface area contributed by atoms with Crippen molar-refractivity contribution in [2.75, 3.05) is 0 Å². The first-order valence-electron chi connectivity index (χ1n) is 10.5. The van der Waals surface area contributed by atoms with Crippen molar-refractivity contribution in [1.82, 2.24) is 9.88 Å². The van der Waals surface area contributed by atoms with Gasteiger partial charge in [-0.1, -0.05) is 36.4 Å². The molecular formula is C26H22N2O4. The number of aromatic nitrogens is 1. The number of ether oxygens (including phenoxy) is 1. The summed E-state index contributed by atoms with van der Waals surface area (Å²) in [4.78, 5) is 31.9. The van der Waals surface area contributed by atoms with E-state index in [0.29, 0.717) is 11.1 Å². The first-order valence-corrected chi connectivity index (χ1v) is 10.5. The first-order chi connectivity index (χ1) is 15.5. The molecule has 32 heavy (non-hydrogen) atoms. The third kappa shape index (κ3) is 3.43. The third-order valence-electron chi connectivity index (χ3n) is 5.91. The van der Waals surface area contributed by atoms with Crippen LogP contribution in [0, 0.1) is 0 Å². The maximum Gasteiger partial charge on any atom is 0.295 e. The van der Waals surface area contributed by atoms with Crippen molar-refractivity contribution in [3.8, 4) is 5.75 Å². The highest BCUT2D eigenvalue weighted by atomic mass is 16.5. The number of carbonyl (C=O) groups excluding carboxylic acids is 2. The highest BCUT2D eigenvalue weighted by molar-refractivity contribution is 6.46. The molecule has 160 valence electrons. The zero-order chi connectivity index (χ0) is 22.2. The largest absolute Gasteiger partial charge is 0.507 e. The Morgan fingerprint density at radius 1 is 1.12 bits per heavy atom. The number of hydrogen-bond acceptors (Lipinski definition) is 5. The number of pyridine rings is 1. The summed E-state index contributed by atoms with van der Waals surface area (Å²) in [7, 11) is 0. The predicted octanol–water partition coefficient (Wildman–Crippen LogP) is 4.03. The second kappa shape index (κ2) is 7.96. The smallest absolute Gasteiger partial charge is 0.295 e. The van der Waals surface area contributed by atoms with Crippen LogP contribution in [0.2, 0.25) is 0 Å². The summed E-state index contributed by atoms with van der Waals surface area (Å²) in [6.07, 6.45) is 4.05. The van der Waals surface area contributed by atoms with Crippen molar-refractivity contribution >= 4 is 17.4 Å². The maximum absolute atomic E-state index is 13.1. The molecule has 2 aliphatic rings. The Morgan fingerprint density at radius 2 is 1.94 bits per heavy atom. The van der Waals surface area contributed by atoms with Crippen LogP contribution < -0.4 is 4.74 Å². The monoisotopic (exact) mass is 426 g/mol. The third-order valence-corrected chi connectivity index (χ3v) is 5.91. The first kappa shape index (κ1) is 20.0. The van der Waals surface area contributed by atoms with Gasteiger partial charge in [0.15, 0.2) is 0 Å². The lowest BCUT2D eigenvalue weighted by Gasteiger charge is -2.25. The van der Waals surface area contributed by atoms with Crippen molar-refractivity contribution in [3.05, 3.63) is 101 Å². The van der Waals surface area contributed by atoms with Gasteiger partial charge in [0.05, 0.1) is 11.6 Å². The molecule has 0 saturated carbocycles. The van der Waals surface area contributed by atoms with Gasteiger partial charge in [-0.3, -0.25) is 14.6 Å². The second-order valence-electron chi connectivity index (χ2n) is 8.15. The molecule has 0 spiro atoms. The highest BCUT2D eigenvalue weighted by Crippen LogP contribution is 2.41.